The molecule has 1 atom stereocenters. The zero-order chi connectivity index (χ0) is 15.2. The van der Waals surface area contributed by atoms with Crippen molar-refractivity contribution in [3.8, 4) is 0 Å². The fraction of sp³-hybridized carbons (Fsp3) is 0.562. The maximum Gasteiger partial charge on any atom is 0.238 e. The van der Waals surface area contributed by atoms with Crippen molar-refractivity contribution in [2.24, 2.45) is 5.73 Å². The average Bonchev–Trinajstić information content (AvgIpc) is 2.48. The van der Waals surface area contributed by atoms with Crippen LogP contribution in [0.15, 0.2) is 24.3 Å². The molecule has 1 aromatic rings. The standard InChI is InChI=1S/C16H26N4O/c1-19-9-3-4-15(11-19)20(2)12-16(21)18-14-7-5-13(10-17)6-8-14/h5-8,15H,3-4,9-12,17H2,1-2H3,(H,18,21). The molecule has 1 amide bonds. The Morgan fingerprint density at radius 2 is 2.14 bits per heavy atom. The number of hydrogen-bond acceptors (Lipinski definition) is 4. The van der Waals surface area contributed by atoms with Gasteiger partial charge in [-0.15, -0.1) is 0 Å². The van der Waals surface area contributed by atoms with E-state index in [1.54, 1.807) is 0 Å². The summed E-state index contributed by atoms with van der Waals surface area (Å²) in [5.74, 6) is 0.0335. The number of likely N-dealkylation sites (tertiary alicyclic amines) is 1. The Labute approximate surface area is 127 Å². The molecule has 1 heterocycles. The van der Waals surface area contributed by atoms with E-state index in [9.17, 15) is 4.79 Å². The maximum atomic E-state index is 12.1. The number of carbonyl (C=O) groups excluding carboxylic acids is 1. The predicted molar refractivity (Wildman–Crippen MR) is 86.1 cm³/mol. The van der Waals surface area contributed by atoms with E-state index in [2.05, 4.69) is 22.2 Å². The third-order valence-corrected chi connectivity index (χ3v) is 4.09. The van der Waals surface area contributed by atoms with Gasteiger partial charge in [-0.2, -0.15) is 0 Å². The molecule has 5 heteroatoms. The molecule has 0 bridgehead atoms. The van der Waals surface area contributed by atoms with Crippen molar-refractivity contribution in [2.45, 2.75) is 25.4 Å². The van der Waals surface area contributed by atoms with E-state index in [4.69, 9.17) is 5.73 Å². The molecular formula is C16H26N4O. The Bertz CT molecular complexity index is 460. The van der Waals surface area contributed by atoms with Crippen LogP contribution in [0.5, 0.6) is 0 Å². The van der Waals surface area contributed by atoms with Crippen molar-refractivity contribution < 1.29 is 4.79 Å². The number of carbonyl (C=O) groups is 1. The van der Waals surface area contributed by atoms with Crippen molar-refractivity contribution in [3.63, 3.8) is 0 Å². The zero-order valence-electron chi connectivity index (χ0n) is 13.0. The highest BCUT2D eigenvalue weighted by atomic mass is 16.2. The van der Waals surface area contributed by atoms with Crippen LogP contribution in [0, 0.1) is 0 Å². The monoisotopic (exact) mass is 290 g/mol. The Morgan fingerprint density at radius 1 is 1.43 bits per heavy atom. The number of amides is 1. The summed E-state index contributed by atoms with van der Waals surface area (Å²) in [6.07, 6.45) is 2.37. The fourth-order valence-electron chi connectivity index (χ4n) is 2.78. The summed E-state index contributed by atoms with van der Waals surface area (Å²) < 4.78 is 0. The van der Waals surface area contributed by atoms with Gasteiger partial charge < -0.3 is 16.0 Å². The van der Waals surface area contributed by atoms with Gasteiger partial charge in [-0.3, -0.25) is 9.69 Å². The van der Waals surface area contributed by atoms with Crippen LogP contribution in [0.3, 0.4) is 0 Å². The quantitative estimate of drug-likeness (QED) is 0.853. The van der Waals surface area contributed by atoms with Gasteiger partial charge in [0.2, 0.25) is 5.91 Å². The van der Waals surface area contributed by atoms with Crippen molar-refractivity contribution in [1.82, 2.24) is 9.80 Å². The van der Waals surface area contributed by atoms with Crippen LogP contribution in [0.1, 0.15) is 18.4 Å². The van der Waals surface area contributed by atoms with Gasteiger partial charge in [-0.25, -0.2) is 0 Å². The summed E-state index contributed by atoms with van der Waals surface area (Å²) in [7, 11) is 4.17. The van der Waals surface area contributed by atoms with Crippen molar-refractivity contribution in [1.29, 1.82) is 0 Å². The van der Waals surface area contributed by atoms with Crippen LogP contribution >= 0.6 is 0 Å². The summed E-state index contributed by atoms with van der Waals surface area (Å²) in [5, 5.41) is 2.94. The molecule has 0 saturated carbocycles. The number of hydrogen-bond donors (Lipinski definition) is 2. The van der Waals surface area contributed by atoms with Gasteiger partial charge in [-0.1, -0.05) is 12.1 Å². The second-order valence-electron chi connectivity index (χ2n) is 5.92. The maximum absolute atomic E-state index is 12.1. The fourth-order valence-corrected chi connectivity index (χ4v) is 2.78. The van der Waals surface area contributed by atoms with E-state index < -0.39 is 0 Å². The molecule has 1 saturated heterocycles. The van der Waals surface area contributed by atoms with Crippen LogP contribution in [-0.4, -0.2) is 55.5 Å². The second kappa shape index (κ2) is 7.54. The van der Waals surface area contributed by atoms with Crippen LogP contribution in [-0.2, 0) is 11.3 Å². The first kappa shape index (κ1) is 15.9. The smallest absolute Gasteiger partial charge is 0.238 e. The Hall–Kier alpha value is -1.43. The molecule has 5 nitrogen and oxygen atoms in total. The first-order chi connectivity index (χ1) is 10.1. The number of nitrogens with two attached hydrogens (primary N) is 1. The van der Waals surface area contributed by atoms with Crippen molar-refractivity contribution >= 4 is 11.6 Å². The van der Waals surface area contributed by atoms with Gasteiger partial charge in [0.05, 0.1) is 6.54 Å². The number of piperidine rings is 1. The first-order valence-electron chi connectivity index (χ1n) is 7.56. The number of nitrogens with one attached hydrogen (secondary N) is 1. The van der Waals surface area contributed by atoms with E-state index in [1.165, 1.54) is 12.8 Å². The summed E-state index contributed by atoms with van der Waals surface area (Å²) in [5.41, 5.74) is 7.45. The number of likely N-dealkylation sites (N-methyl/N-ethyl adjacent to an activating group) is 2. The number of benzene rings is 1. The van der Waals surface area contributed by atoms with Gasteiger partial charge in [-0.05, 0) is 51.2 Å². The van der Waals surface area contributed by atoms with Crippen molar-refractivity contribution in [3.05, 3.63) is 29.8 Å². The highest BCUT2D eigenvalue weighted by Gasteiger charge is 2.22. The molecule has 1 aliphatic rings. The third-order valence-electron chi connectivity index (χ3n) is 4.09. The molecular weight excluding hydrogens is 264 g/mol. The molecule has 116 valence electrons. The van der Waals surface area contributed by atoms with Crippen LogP contribution in [0.25, 0.3) is 0 Å². The molecule has 1 aliphatic heterocycles. The highest BCUT2D eigenvalue weighted by Crippen LogP contribution is 2.14. The molecule has 1 aromatic carbocycles. The molecule has 0 aromatic heterocycles. The zero-order valence-corrected chi connectivity index (χ0v) is 13.0. The second-order valence-corrected chi connectivity index (χ2v) is 5.92. The number of rotatable bonds is 5. The lowest BCUT2D eigenvalue weighted by Crippen LogP contribution is -2.47. The van der Waals surface area contributed by atoms with Gasteiger partial charge in [0.15, 0.2) is 0 Å². The number of nitrogens with zero attached hydrogens (tertiary/aromatic N) is 2. The minimum atomic E-state index is 0.0335. The average molecular weight is 290 g/mol. The van der Waals surface area contributed by atoms with Crippen LogP contribution in [0.2, 0.25) is 0 Å². The van der Waals surface area contributed by atoms with E-state index in [0.717, 1.165) is 24.3 Å². The molecule has 3 N–H and O–H groups in total. The van der Waals surface area contributed by atoms with Crippen molar-refractivity contribution in [2.75, 3.05) is 39.0 Å². The largest absolute Gasteiger partial charge is 0.326 e. The summed E-state index contributed by atoms with van der Waals surface area (Å²) in [6, 6.07) is 8.14. The predicted octanol–water partition coefficient (Wildman–Crippen LogP) is 1.11. The number of anilines is 1. The molecule has 1 unspecified atom stereocenters. The Kier molecular flexibility index (Phi) is 5.73. The van der Waals surface area contributed by atoms with E-state index in [-0.39, 0.29) is 5.91 Å². The molecule has 2 rings (SSSR count). The lowest BCUT2D eigenvalue weighted by atomic mass is 10.1. The lowest BCUT2D eigenvalue weighted by Gasteiger charge is -2.35. The van der Waals surface area contributed by atoms with Crippen LogP contribution in [0.4, 0.5) is 5.69 Å². The summed E-state index contributed by atoms with van der Waals surface area (Å²) >= 11 is 0. The first-order valence-corrected chi connectivity index (χ1v) is 7.56. The van der Waals surface area contributed by atoms with Gasteiger partial charge in [0.25, 0.3) is 0 Å². The molecule has 1 fully saturated rings. The van der Waals surface area contributed by atoms with E-state index in [1.807, 2.05) is 31.3 Å². The molecule has 0 radical (unpaired) electrons. The topological polar surface area (TPSA) is 61.6 Å². The molecule has 21 heavy (non-hydrogen) atoms. The SMILES string of the molecule is CN1CCCC(N(C)CC(=O)Nc2ccc(CN)cc2)C1. The van der Waals surface area contributed by atoms with E-state index >= 15 is 0 Å². The van der Waals surface area contributed by atoms with Gasteiger partial charge >= 0.3 is 0 Å². The summed E-state index contributed by atoms with van der Waals surface area (Å²) in [6.45, 7) is 3.14. The third kappa shape index (κ3) is 4.81. The lowest BCUT2D eigenvalue weighted by molar-refractivity contribution is -0.117. The summed E-state index contributed by atoms with van der Waals surface area (Å²) in [4.78, 5) is 16.6. The van der Waals surface area contributed by atoms with Crippen LogP contribution < -0.4 is 11.1 Å². The Morgan fingerprint density at radius 3 is 2.76 bits per heavy atom. The minimum absolute atomic E-state index is 0.0335. The minimum Gasteiger partial charge on any atom is -0.326 e. The molecule has 0 spiro atoms. The Balaban J connectivity index is 1.82. The van der Waals surface area contributed by atoms with E-state index in [0.29, 0.717) is 19.1 Å². The normalized spacial score (nSPS) is 19.7. The molecule has 0 aliphatic carbocycles. The van der Waals surface area contributed by atoms with Gasteiger partial charge in [0.1, 0.15) is 0 Å². The van der Waals surface area contributed by atoms with Gasteiger partial charge in [0, 0.05) is 24.8 Å². The highest BCUT2D eigenvalue weighted by molar-refractivity contribution is 5.92.